The van der Waals surface area contributed by atoms with Gasteiger partial charge in [0.2, 0.25) is 0 Å². The summed E-state index contributed by atoms with van der Waals surface area (Å²) in [6.07, 6.45) is 3.14. The van der Waals surface area contributed by atoms with Crippen LogP contribution < -0.4 is 18.6 Å². The van der Waals surface area contributed by atoms with Crippen LogP contribution in [0.3, 0.4) is 0 Å². The highest BCUT2D eigenvalue weighted by Gasteiger charge is 2.39. The van der Waals surface area contributed by atoms with E-state index in [9.17, 15) is 9.90 Å². The summed E-state index contributed by atoms with van der Waals surface area (Å²) in [4.78, 5) is 12.1. The number of hydrogen-bond donors (Lipinski definition) is 1. The third-order valence-corrected chi connectivity index (χ3v) is 5.38. The first-order chi connectivity index (χ1) is 14.2. The molecule has 0 radical (unpaired) electrons. The molecule has 0 bridgehead atoms. The van der Waals surface area contributed by atoms with Gasteiger partial charge >= 0.3 is 17.5 Å². The highest BCUT2D eigenvalue weighted by molar-refractivity contribution is 5.96. The molecule has 1 heterocycles. The Morgan fingerprint density at radius 1 is 0.767 bits per heavy atom. The smallest absolute Gasteiger partial charge is 0.365 e. The van der Waals surface area contributed by atoms with Crippen molar-refractivity contribution in [2.45, 2.75) is 25.7 Å². The van der Waals surface area contributed by atoms with E-state index in [0.29, 0.717) is 18.4 Å². The van der Waals surface area contributed by atoms with E-state index in [1.165, 1.54) is 11.1 Å². The Morgan fingerprint density at radius 3 is 1.57 bits per heavy atom. The fourth-order valence-electron chi connectivity index (χ4n) is 4.24. The molecule has 8 heteroatoms. The van der Waals surface area contributed by atoms with Gasteiger partial charge in [0, 0.05) is 0 Å². The molecule has 0 amide bonds. The Bertz CT molecular complexity index is 1060. The molecular formula is C22H17ClO7. The van der Waals surface area contributed by atoms with Crippen LogP contribution >= 0.6 is 0 Å². The predicted octanol–water partition coefficient (Wildman–Crippen LogP) is 0.0341. The van der Waals surface area contributed by atoms with E-state index in [-0.39, 0.29) is 0 Å². The Morgan fingerprint density at radius 2 is 1.17 bits per heavy atom. The van der Waals surface area contributed by atoms with Crippen LogP contribution in [0.15, 0.2) is 52.9 Å². The van der Waals surface area contributed by atoms with Crippen LogP contribution in [-0.2, 0) is 25.7 Å². The number of halogens is 1. The van der Waals surface area contributed by atoms with Gasteiger partial charge in [-0.15, -0.1) is 10.2 Å². The lowest BCUT2D eigenvalue weighted by Crippen LogP contribution is -2.68. The average Bonchev–Trinajstić information content (AvgIpc) is 2.70. The molecule has 1 N–H and O–H groups in total. The summed E-state index contributed by atoms with van der Waals surface area (Å²) in [7, 11) is -4.94. The molecule has 0 fully saturated rings. The van der Waals surface area contributed by atoms with E-state index in [1.807, 2.05) is 36.4 Å². The van der Waals surface area contributed by atoms with E-state index >= 15 is 0 Å². The monoisotopic (exact) mass is 428 g/mol. The highest BCUT2D eigenvalue weighted by atomic mass is 35.7. The Labute approximate surface area is 174 Å². The number of aryl methyl sites for hydroxylation is 2. The molecule has 2 aliphatic carbocycles. The maximum absolute atomic E-state index is 12.1. The van der Waals surface area contributed by atoms with Gasteiger partial charge in [-0.25, -0.2) is 27.8 Å². The lowest BCUT2D eigenvalue weighted by molar-refractivity contribution is -2.00. The molecule has 2 aliphatic rings. The van der Waals surface area contributed by atoms with Crippen molar-refractivity contribution >= 4 is 5.97 Å². The molecule has 30 heavy (non-hydrogen) atoms. The largest absolute Gasteiger partial charge is 0.478 e. The van der Waals surface area contributed by atoms with Crippen LogP contribution in [-0.4, -0.2) is 11.1 Å². The van der Waals surface area contributed by atoms with Crippen molar-refractivity contribution in [3.8, 4) is 22.6 Å². The van der Waals surface area contributed by atoms with Gasteiger partial charge in [0.1, 0.15) is 0 Å². The van der Waals surface area contributed by atoms with Crippen LogP contribution in [0.5, 0.6) is 0 Å². The molecule has 7 nitrogen and oxygen atoms in total. The minimum Gasteiger partial charge on any atom is -0.478 e. The molecule has 154 valence electrons. The van der Waals surface area contributed by atoms with Gasteiger partial charge in [0.25, 0.3) is 0 Å². The predicted molar refractivity (Wildman–Crippen MR) is 95.8 cm³/mol. The molecule has 0 atom stereocenters. The van der Waals surface area contributed by atoms with Crippen molar-refractivity contribution in [2.24, 2.45) is 0 Å². The van der Waals surface area contributed by atoms with Crippen molar-refractivity contribution in [1.29, 1.82) is 0 Å². The van der Waals surface area contributed by atoms with Crippen LogP contribution in [0.4, 0.5) is 0 Å². The SMILES string of the molecule is O=C(O)c1c2c([o+]c3c1CCc1ccccc1-3)-c1ccccc1CC2.[O-][Cl+3]([O-])([O-])[O-]. The first-order valence-electron chi connectivity index (χ1n) is 9.27. The highest BCUT2D eigenvalue weighted by Crippen LogP contribution is 2.43. The normalized spacial score (nSPS) is 13.7. The number of rotatable bonds is 1. The number of carboxylic acids is 1. The zero-order valence-corrected chi connectivity index (χ0v) is 16.5. The average molecular weight is 429 g/mol. The van der Waals surface area contributed by atoms with Crippen LogP contribution in [0.1, 0.15) is 32.6 Å². The van der Waals surface area contributed by atoms with Crippen molar-refractivity contribution in [1.82, 2.24) is 0 Å². The molecule has 2 aromatic carbocycles. The zero-order chi connectivity index (χ0) is 21.5. The number of carboxylic acid groups (broad SMARTS) is 1. The molecule has 0 aliphatic heterocycles. The summed E-state index contributed by atoms with van der Waals surface area (Å²) in [5, 5.41) is 9.95. The fourth-order valence-corrected chi connectivity index (χ4v) is 4.24. The topological polar surface area (TPSA) is 141 Å². The van der Waals surface area contributed by atoms with E-state index in [0.717, 1.165) is 46.6 Å². The zero-order valence-electron chi connectivity index (χ0n) is 15.7. The van der Waals surface area contributed by atoms with Gasteiger partial charge in [-0.05, 0) is 48.9 Å². The molecule has 0 spiro atoms. The molecule has 5 rings (SSSR count). The van der Waals surface area contributed by atoms with Crippen molar-refractivity contribution in [2.75, 3.05) is 0 Å². The van der Waals surface area contributed by atoms with Gasteiger partial charge in [-0.1, -0.05) is 36.4 Å². The second-order valence-electron chi connectivity index (χ2n) is 7.09. The number of hydrogen-bond acceptors (Lipinski definition) is 5. The van der Waals surface area contributed by atoms with Gasteiger partial charge in [-0.3, -0.25) is 0 Å². The van der Waals surface area contributed by atoms with Gasteiger partial charge in [0.05, 0.1) is 27.8 Å². The minimum atomic E-state index is -4.94. The lowest BCUT2D eigenvalue weighted by Gasteiger charge is -2.20. The third-order valence-electron chi connectivity index (χ3n) is 5.38. The standard InChI is InChI=1S/C22H16O3.ClHO4/c23-22(24)19-17-11-9-13-5-1-3-7-15(13)20(17)25-21-16-8-4-2-6-14(16)10-12-18(19)21;2-1(3,4)5/h1-8H,9-12H2;(H,2,3,4,5). The van der Waals surface area contributed by atoms with Crippen LogP contribution in [0.25, 0.3) is 22.6 Å². The summed E-state index contributed by atoms with van der Waals surface area (Å²) in [5.74, 6) is 0.617. The maximum Gasteiger partial charge on any atom is 0.365 e. The van der Waals surface area contributed by atoms with Crippen molar-refractivity contribution in [3.05, 3.63) is 76.3 Å². The second kappa shape index (κ2) is 7.79. The Balaban J connectivity index is 0.000000393. The second-order valence-corrected chi connectivity index (χ2v) is 7.85. The summed E-state index contributed by atoms with van der Waals surface area (Å²) in [5.41, 5.74) is 6.65. The quantitative estimate of drug-likeness (QED) is 0.539. The van der Waals surface area contributed by atoms with E-state index < -0.39 is 16.2 Å². The first kappa shape index (κ1) is 20.5. The Kier molecular flexibility index (Phi) is 5.31. The maximum atomic E-state index is 12.1. The Hall–Kier alpha value is -2.81. The third kappa shape index (κ3) is 3.94. The van der Waals surface area contributed by atoms with Crippen LogP contribution in [0.2, 0.25) is 0 Å². The summed E-state index contributed by atoms with van der Waals surface area (Å²) < 4.78 is 40.4. The van der Waals surface area contributed by atoms with Gasteiger partial charge in [-0.2, -0.15) is 0 Å². The number of aromatic carboxylic acids is 1. The van der Waals surface area contributed by atoms with E-state index in [1.54, 1.807) is 0 Å². The number of carbonyl (C=O) groups is 1. The molecular weight excluding hydrogens is 412 g/mol. The molecule has 3 aromatic rings. The fraction of sp³-hybridized carbons (Fsp3) is 0.182. The number of benzene rings is 2. The first-order valence-corrected chi connectivity index (χ1v) is 10.5. The summed E-state index contributed by atoms with van der Waals surface area (Å²) >= 11 is 0. The lowest BCUT2D eigenvalue weighted by atomic mass is 9.81. The molecule has 0 saturated heterocycles. The summed E-state index contributed by atoms with van der Waals surface area (Å²) in [6.45, 7) is 0. The van der Waals surface area contributed by atoms with Gasteiger partial charge < -0.3 is 5.11 Å². The van der Waals surface area contributed by atoms with Crippen molar-refractivity contribution in [3.63, 3.8) is 0 Å². The molecule has 1 aromatic heterocycles. The minimum absolute atomic E-state index is 0.459. The van der Waals surface area contributed by atoms with E-state index in [2.05, 4.69) is 12.1 Å². The molecule has 0 unspecified atom stereocenters. The van der Waals surface area contributed by atoms with Gasteiger partial charge in [0.15, 0.2) is 0 Å². The molecule has 0 saturated carbocycles. The van der Waals surface area contributed by atoms with E-state index in [4.69, 9.17) is 23.1 Å². The van der Waals surface area contributed by atoms with Crippen LogP contribution in [0, 0.1) is 10.2 Å². The summed E-state index contributed by atoms with van der Waals surface area (Å²) in [6, 6.07) is 16.3. The number of fused-ring (bicyclic) bond motifs is 6. The van der Waals surface area contributed by atoms with Crippen molar-refractivity contribution < 1.29 is 43.2 Å².